The van der Waals surface area contributed by atoms with Crippen LogP contribution in [0.15, 0.2) is 48.5 Å². The van der Waals surface area contributed by atoms with Crippen molar-refractivity contribution in [2.45, 2.75) is 6.92 Å². The van der Waals surface area contributed by atoms with Gasteiger partial charge in [-0.2, -0.15) is 0 Å². The monoisotopic (exact) mass is 305 g/mol. The van der Waals surface area contributed by atoms with E-state index in [1.54, 1.807) is 24.3 Å². The van der Waals surface area contributed by atoms with Gasteiger partial charge >= 0.3 is 0 Å². The van der Waals surface area contributed by atoms with Crippen LogP contribution >= 0.6 is 23.2 Å². The number of benzene rings is 2. The van der Waals surface area contributed by atoms with E-state index in [0.717, 1.165) is 16.8 Å². The van der Waals surface area contributed by atoms with Crippen LogP contribution in [0.2, 0.25) is 10.0 Å². The summed E-state index contributed by atoms with van der Waals surface area (Å²) in [6.45, 7) is 2.00. The topological polar surface area (TPSA) is 29.1 Å². The lowest BCUT2D eigenvalue weighted by Gasteiger charge is -2.02. The van der Waals surface area contributed by atoms with Crippen molar-refractivity contribution in [3.8, 4) is 0 Å². The van der Waals surface area contributed by atoms with Gasteiger partial charge in [0.1, 0.15) is 0 Å². The summed E-state index contributed by atoms with van der Waals surface area (Å²) in [6, 6.07) is 12.8. The predicted octanol–water partition coefficient (Wildman–Crippen LogP) is 4.95. The third-order valence-corrected chi connectivity index (χ3v) is 3.43. The van der Waals surface area contributed by atoms with Gasteiger partial charge < -0.3 is 5.32 Å². The molecule has 0 bridgehead atoms. The zero-order chi connectivity index (χ0) is 14.5. The van der Waals surface area contributed by atoms with Crippen LogP contribution in [0.25, 0.3) is 6.08 Å². The van der Waals surface area contributed by atoms with Crippen molar-refractivity contribution in [3.63, 3.8) is 0 Å². The van der Waals surface area contributed by atoms with E-state index in [1.165, 1.54) is 6.08 Å². The first-order valence-electron chi connectivity index (χ1n) is 6.05. The molecule has 1 amide bonds. The van der Waals surface area contributed by atoms with Crippen LogP contribution in [-0.4, -0.2) is 5.91 Å². The van der Waals surface area contributed by atoms with E-state index in [0.29, 0.717) is 10.0 Å². The minimum atomic E-state index is -0.195. The predicted molar refractivity (Wildman–Crippen MR) is 85.3 cm³/mol. The molecule has 0 saturated heterocycles. The van der Waals surface area contributed by atoms with E-state index in [2.05, 4.69) is 5.32 Å². The quantitative estimate of drug-likeness (QED) is 0.798. The molecule has 0 aromatic heterocycles. The Morgan fingerprint density at radius 1 is 1.05 bits per heavy atom. The third kappa shape index (κ3) is 4.12. The molecule has 4 heteroatoms. The normalized spacial score (nSPS) is 10.8. The fraction of sp³-hybridized carbons (Fsp3) is 0.0625. The van der Waals surface area contributed by atoms with Gasteiger partial charge in [0.15, 0.2) is 0 Å². The summed E-state index contributed by atoms with van der Waals surface area (Å²) in [5.74, 6) is -0.195. The molecule has 0 atom stereocenters. The lowest BCUT2D eigenvalue weighted by atomic mass is 10.2. The first kappa shape index (κ1) is 14.6. The van der Waals surface area contributed by atoms with Gasteiger partial charge in [-0.25, -0.2) is 0 Å². The molecule has 20 heavy (non-hydrogen) atoms. The van der Waals surface area contributed by atoms with Crippen molar-refractivity contribution in [1.82, 2.24) is 0 Å². The number of aryl methyl sites for hydroxylation is 1. The Morgan fingerprint density at radius 3 is 2.40 bits per heavy atom. The summed E-state index contributed by atoms with van der Waals surface area (Å²) in [7, 11) is 0. The maximum Gasteiger partial charge on any atom is 0.248 e. The van der Waals surface area contributed by atoms with Crippen LogP contribution in [0.3, 0.4) is 0 Å². The van der Waals surface area contributed by atoms with Crippen LogP contribution < -0.4 is 5.32 Å². The second-order valence-corrected chi connectivity index (χ2v) is 5.18. The maximum atomic E-state index is 11.8. The number of anilines is 1. The number of amides is 1. The molecule has 2 rings (SSSR count). The Kier molecular flexibility index (Phi) is 4.83. The van der Waals surface area contributed by atoms with Gasteiger partial charge in [0, 0.05) is 11.8 Å². The summed E-state index contributed by atoms with van der Waals surface area (Å²) < 4.78 is 0. The lowest BCUT2D eigenvalue weighted by Crippen LogP contribution is -2.07. The van der Waals surface area contributed by atoms with Crippen molar-refractivity contribution in [2.75, 3.05) is 5.32 Å². The van der Waals surface area contributed by atoms with E-state index in [1.807, 2.05) is 31.2 Å². The van der Waals surface area contributed by atoms with Crippen LogP contribution in [0.5, 0.6) is 0 Å². The van der Waals surface area contributed by atoms with Crippen molar-refractivity contribution in [3.05, 3.63) is 69.7 Å². The van der Waals surface area contributed by atoms with Crippen molar-refractivity contribution < 1.29 is 4.79 Å². The molecule has 2 aromatic rings. The van der Waals surface area contributed by atoms with Gasteiger partial charge in [0.2, 0.25) is 5.91 Å². The Morgan fingerprint density at radius 2 is 1.75 bits per heavy atom. The minimum absolute atomic E-state index is 0.195. The van der Waals surface area contributed by atoms with E-state index >= 15 is 0 Å². The number of rotatable bonds is 3. The van der Waals surface area contributed by atoms with Crippen molar-refractivity contribution >= 4 is 40.9 Å². The molecule has 0 heterocycles. The molecule has 0 aliphatic heterocycles. The minimum Gasteiger partial charge on any atom is -0.323 e. The number of nitrogens with one attached hydrogen (secondary N) is 1. The first-order valence-corrected chi connectivity index (χ1v) is 6.81. The fourth-order valence-corrected chi connectivity index (χ4v) is 1.92. The number of halogens is 2. The Hall–Kier alpha value is -1.77. The maximum absolute atomic E-state index is 11.8. The SMILES string of the molecule is Cc1ccc(NC(=O)/C=C/c2ccc(Cl)c(Cl)c2)cc1. The highest BCUT2D eigenvalue weighted by Crippen LogP contribution is 2.23. The fourth-order valence-electron chi connectivity index (χ4n) is 1.61. The molecule has 2 nitrogen and oxygen atoms in total. The zero-order valence-corrected chi connectivity index (χ0v) is 12.4. The summed E-state index contributed by atoms with van der Waals surface area (Å²) >= 11 is 11.7. The average Bonchev–Trinajstić information content (AvgIpc) is 2.43. The van der Waals surface area contributed by atoms with E-state index in [-0.39, 0.29) is 5.91 Å². The van der Waals surface area contributed by atoms with Crippen molar-refractivity contribution in [1.29, 1.82) is 0 Å². The second kappa shape index (κ2) is 6.60. The summed E-state index contributed by atoms with van der Waals surface area (Å²) in [5, 5.41) is 3.74. The molecule has 0 fully saturated rings. The number of carbonyl (C=O) groups excluding carboxylic acids is 1. The molecule has 1 N–H and O–H groups in total. The van der Waals surface area contributed by atoms with Gasteiger partial charge in [-0.05, 0) is 42.8 Å². The Bertz CT molecular complexity index is 648. The molecule has 0 aliphatic carbocycles. The smallest absolute Gasteiger partial charge is 0.248 e. The van der Waals surface area contributed by atoms with E-state index in [9.17, 15) is 4.79 Å². The molecule has 0 unspecified atom stereocenters. The molecular weight excluding hydrogens is 293 g/mol. The Balaban J connectivity index is 2.01. The number of hydrogen-bond donors (Lipinski definition) is 1. The van der Waals surface area contributed by atoms with Gasteiger partial charge in [-0.15, -0.1) is 0 Å². The van der Waals surface area contributed by atoms with Crippen molar-refractivity contribution in [2.24, 2.45) is 0 Å². The zero-order valence-electron chi connectivity index (χ0n) is 10.9. The molecular formula is C16H13Cl2NO. The van der Waals surface area contributed by atoms with E-state index < -0.39 is 0 Å². The molecule has 102 valence electrons. The van der Waals surface area contributed by atoms with Crippen LogP contribution in [-0.2, 0) is 4.79 Å². The number of carbonyl (C=O) groups is 1. The lowest BCUT2D eigenvalue weighted by molar-refractivity contribution is -0.111. The highest BCUT2D eigenvalue weighted by molar-refractivity contribution is 6.42. The molecule has 0 saturated carbocycles. The summed E-state index contributed by atoms with van der Waals surface area (Å²) in [4.78, 5) is 11.8. The van der Waals surface area contributed by atoms with E-state index in [4.69, 9.17) is 23.2 Å². The standard InChI is InChI=1S/C16H13Cl2NO/c1-11-2-6-13(7-3-11)19-16(20)9-5-12-4-8-14(17)15(18)10-12/h2-10H,1H3,(H,19,20)/b9-5+. The Labute approximate surface area is 128 Å². The molecule has 0 radical (unpaired) electrons. The average molecular weight is 306 g/mol. The second-order valence-electron chi connectivity index (χ2n) is 4.36. The molecule has 0 spiro atoms. The largest absolute Gasteiger partial charge is 0.323 e. The molecule has 0 aliphatic rings. The third-order valence-electron chi connectivity index (χ3n) is 2.69. The van der Waals surface area contributed by atoms with Gasteiger partial charge in [-0.3, -0.25) is 4.79 Å². The van der Waals surface area contributed by atoms with Crippen LogP contribution in [0.1, 0.15) is 11.1 Å². The van der Waals surface area contributed by atoms with Crippen LogP contribution in [0, 0.1) is 6.92 Å². The van der Waals surface area contributed by atoms with Gasteiger partial charge in [-0.1, -0.05) is 47.0 Å². The first-order chi connectivity index (χ1) is 9.54. The highest BCUT2D eigenvalue weighted by atomic mass is 35.5. The highest BCUT2D eigenvalue weighted by Gasteiger charge is 1.99. The molecule has 2 aromatic carbocycles. The van der Waals surface area contributed by atoms with Gasteiger partial charge in [0.05, 0.1) is 10.0 Å². The summed E-state index contributed by atoms with van der Waals surface area (Å²) in [5.41, 5.74) is 2.73. The number of hydrogen-bond acceptors (Lipinski definition) is 1. The summed E-state index contributed by atoms with van der Waals surface area (Å²) in [6.07, 6.45) is 3.14. The van der Waals surface area contributed by atoms with Gasteiger partial charge in [0.25, 0.3) is 0 Å². The van der Waals surface area contributed by atoms with Crippen LogP contribution in [0.4, 0.5) is 5.69 Å².